The van der Waals surface area contributed by atoms with Gasteiger partial charge in [0.2, 0.25) is 0 Å². The van der Waals surface area contributed by atoms with Crippen molar-refractivity contribution in [2.24, 2.45) is 11.7 Å². The summed E-state index contributed by atoms with van der Waals surface area (Å²) >= 11 is 6.19. The Morgan fingerprint density at radius 1 is 1.38 bits per heavy atom. The molecule has 1 amide bonds. The Kier molecular flexibility index (Phi) is 6.78. The van der Waals surface area contributed by atoms with Crippen molar-refractivity contribution in [2.45, 2.75) is 33.4 Å². The Labute approximate surface area is 130 Å². The molecule has 118 valence electrons. The van der Waals surface area contributed by atoms with E-state index in [1.54, 1.807) is 6.07 Å². The number of rotatable bonds is 8. The van der Waals surface area contributed by atoms with Crippen molar-refractivity contribution in [3.63, 3.8) is 0 Å². The van der Waals surface area contributed by atoms with Gasteiger partial charge in [-0.05, 0) is 30.5 Å². The molecule has 0 aliphatic carbocycles. The highest BCUT2D eigenvalue weighted by Gasteiger charge is 2.14. The normalized spacial score (nSPS) is 12.3. The van der Waals surface area contributed by atoms with Gasteiger partial charge in [0.15, 0.2) is 18.1 Å². The molecule has 21 heavy (non-hydrogen) atoms. The van der Waals surface area contributed by atoms with Crippen LogP contribution in [-0.2, 0) is 11.3 Å². The van der Waals surface area contributed by atoms with E-state index in [0.29, 0.717) is 35.0 Å². The van der Waals surface area contributed by atoms with Gasteiger partial charge in [-0.1, -0.05) is 25.4 Å². The van der Waals surface area contributed by atoms with Gasteiger partial charge in [-0.15, -0.1) is 0 Å². The highest BCUT2D eigenvalue weighted by Crippen LogP contribution is 2.36. The summed E-state index contributed by atoms with van der Waals surface area (Å²) in [7, 11) is 1.52. The maximum atomic E-state index is 10.8. The fraction of sp³-hybridized carbons (Fsp3) is 0.533. The number of halogens is 1. The first-order valence-electron chi connectivity index (χ1n) is 6.86. The van der Waals surface area contributed by atoms with Gasteiger partial charge in [0.05, 0.1) is 12.1 Å². The first kappa shape index (κ1) is 17.6. The minimum Gasteiger partial charge on any atom is -0.493 e. The van der Waals surface area contributed by atoms with Crippen molar-refractivity contribution in [1.82, 2.24) is 5.32 Å². The number of primary amides is 1. The van der Waals surface area contributed by atoms with Crippen molar-refractivity contribution in [3.8, 4) is 11.5 Å². The molecule has 0 heterocycles. The van der Waals surface area contributed by atoms with Gasteiger partial charge >= 0.3 is 0 Å². The predicted octanol–water partition coefficient (Wildman–Crippen LogP) is 2.35. The number of ether oxygens (including phenoxy) is 2. The fourth-order valence-corrected chi connectivity index (χ4v) is 1.96. The van der Waals surface area contributed by atoms with Crippen molar-refractivity contribution in [1.29, 1.82) is 0 Å². The second-order valence-electron chi connectivity index (χ2n) is 5.28. The first-order valence-corrected chi connectivity index (χ1v) is 7.23. The summed E-state index contributed by atoms with van der Waals surface area (Å²) in [6, 6.07) is 4.02. The summed E-state index contributed by atoms with van der Waals surface area (Å²) in [6.45, 7) is 6.88. The monoisotopic (exact) mass is 314 g/mol. The molecular formula is C15H23ClN2O3. The van der Waals surface area contributed by atoms with E-state index < -0.39 is 5.91 Å². The molecule has 1 rings (SSSR count). The Balaban J connectivity index is 2.85. The molecule has 1 atom stereocenters. The zero-order valence-electron chi connectivity index (χ0n) is 12.9. The lowest BCUT2D eigenvalue weighted by Gasteiger charge is -2.18. The standard InChI is InChI=1S/C15H23ClN2O3/c1-9(2)10(3)18-7-11-5-12(16)15(13(6-11)20-4)21-8-14(17)19/h5-6,9-10,18H,7-8H2,1-4H3,(H2,17,19). The number of carbonyl (C=O) groups is 1. The van der Waals surface area contributed by atoms with Gasteiger partial charge < -0.3 is 20.5 Å². The molecule has 0 saturated heterocycles. The van der Waals surface area contributed by atoms with Crippen LogP contribution in [0.1, 0.15) is 26.3 Å². The number of benzene rings is 1. The Hall–Kier alpha value is -1.46. The third-order valence-electron chi connectivity index (χ3n) is 3.28. The quantitative estimate of drug-likeness (QED) is 0.772. The summed E-state index contributed by atoms with van der Waals surface area (Å²) in [5.74, 6) is 0.793. The van der Waals surface area contributed by atoms with Crippen LogP contribution < -0.4 is 20.5 Å². The lowest BCUT2D eigenvalue weighted by Crippen LogP contribution is -2.30. The Bertz CT molecular complexity index is 492. The van der Waals surface area contributed by atoms with Gasteiger partial charge in [-0.3, -0.25) is 4.79 Å². The smallest absolute Gasteiger partial charge is 0.255 e. The molecule has 0 spiro atoms. The van der Waals surface area contributed by atoms with Gasteiger partial charge in [-0.2, -0.15) is 0 Å². The molecule has 0 saturated carbocycles. The van der Waals surface area contributed by atoms with Crippen molar-refractivity contribution in [2.75, 3.05) is 13.7 Å². The third kappa shape index (κ3) is 5.44. The van der Waals surface area contributed by atoms with E-state index in [9.17, 15) is 4.79 Å². The topological polar surface area (TPSA) is 73.6 Å². The summed E-state index contributed by atoms with van der Waals surface area (Å²) < 4.78 is 10.6. The lowest BCUT2D eigenvalue weighted by molar-refractivity contribution is -0.119. The number of nitrogens with two attached hydrogens (primary N) is 1. The van der Waals surface area contributed by atoms with E-state index in [0.717, 1.165) is 5.56 Å². The van der Waals surface area contributed by atoms with Gasteiger partial charge in [0, 0.05) is 12.6 Å². The largest absolute Gasteiger partial charge is 0.493 e. The zero-order chi connectivity index (χ0) is 16.0. The average molecular weight is 315 g/mol. The molecular weight excluding hydrogens is 292 g/mol. The predicted molar refractivity (Wildman–Crippen MR) is 83.8 cm³/mol. The lowest BCUT2D eigenvalue weighted by atomic mass is 10.1. The molecule has 6 heteroatoms. The zero-order valence-corrected chi connectivity index (χ0v) is 13.7. The molecule has 1 aromatic rings. The number of methoxy groups -OCH3 is 1. The van der Waals surface area contributed by atoms with Gasteiger partial charge in [-0.25, -0.2) is 0 Å². The molecule has 0 radical (unpaired) electrons. The summed E-state index contributed by atoms with van der Waals surface area (Å²) in [5.41, 5.74) is 6.05. The SMILES string of the molecule is COc1cc(CNC(C)C(C)C)cc(Cl)c1OCC(N)=O. The van der Waals surface area contributed by atoms with E-state index >= 15 is 0 Å². The van der Waals surface area contributed by atoms with Crippen molar-refractivity contribution in [3.05, 3.63) is 22.7 Å². The van der Waals surface area contributed by atoms with E-state index in [1.807, 2.05) is 6.07 Å². The number of hydrogen-bond donors (Lipinski definition) is 2. The van der Waals surface area contributed by atoms with Crippen molar-refractivity contribution < 1.29 is 14.3 Å². The minimum absolute atomic E-state index is 0.238. The molecule has 1 aromatic carbocycles. The van der Waals surface area contributed by atoms with Crippen LogP contribution in [-0.4, -0.2) is 25.7 Å². The fourth-order valence-electron chi connectivity index (χ4n) is 1.67. The van der Waals surface area contributed by atoms with Crippen molar-refractivity contribution >= 4 is 17.5 Å². The number of nitrogens with one attached hydrogen (secondary N) is 1. The van der Waals surface area contributed by atoms with Crippen LogP contribution in [0.4, 0.5) is 0 Å². The first-order chi connectivity index (χ1) is 9.85. The van der Waals surface area contributed by atoms with Crippen LogP contribution in [0.2, 0.25) is 5.02 Å². The molecule has 5 nitrogen and oxygen atoms in total. The highest BCUT2D eigenvalue weighted by atomic mass is 35.5. The van der Waals surface area contributed by atoms with E-state index in [-0.39, 0.29) is 6.61 Å². The minimum atomic E-state index is -0.565. The number of amides is 1. The molecule has 0 bridgehead atoms. The maximum Gasteiger partial charge on any atom is 0.255 e. The van der Waals surface area contributed by atoms with Gasteiger partial charge in [0.25, 0.3) is 5.91 Å². The molecule has 0 fully saturated rings. The molecule has 0 aromatic heterocycles. The van der Waals surface area contributed by atoms with Crippen LogP contribution in [0.5, 0.6) is 11.5 Å². The van der Waals surface area contributed by atoms with Crippen LogP contribution in [0.3, 0.4) is 0 Å². The summed E-state index contributed by atoms with van der Waals surface area (Å²) in [4.78, 5) is 10.8. The maximum absolute atomic E-state index is 10.8. The van der Waals surface area contributed by atoms with Crippen LogP contribution in [0.15, 0.2) is 12.1 Å². The van der Waals surface area contributed by atoms with Crippen LogP contribution in [0.25, 0.3) is 0 Å². The van der Waals surface area contributed by atoms with Crippen LogP contribution >= 0.6 is 11.6 Å². The Morgan fingerprint density at radius 2 is 2.05 bits per heavy atom. The average Bonchev–Trinajstić information content (AvgIpc) is 2.42. The second-order valence-corrected chi connectivity index (χ2v) is 5.68. The number of hydrogen-bond acceptors (Lipinski definition) is 4. The highest BCUT2D eigenvalue weighted by molar-refractivity contribution is 6.32. The summed E-state index contributed by atoms with van der Waals surface area (Å²) in [5, 5.41) is 3.81. The molecule has 0 aliphatic heterocycles. The van der Waals surface area contributed by atoms with Gasteiger partial charge in [0.1, 0.15) is 0 Å². The molecule has 0 aliphatic rings. The van der Waals surface area contributed by atoms with E-state index in [2.05, 4.69) is 26.1 Å². The number of carbonyl (C=O) groups excluding carboxylic acids is 1. The summed E-state index contributed by atoms with van der Waals surface area (Å²) in [6.07, 6.45) is 0. The second kappa shape index (κ2) is 8.10. The van der Waals surface area contributed by atoms with Crippen LogP contribution in [0, 0.1) is 5.92 Å². The van der Waals surface area contributed by atoms with E-state index in [4.69, 9.17) is 26.8 Å². The Morgan fingerprint density at radius 3 is 2.57 bits per heavy atom. The molecule has 3 N–H and O–H groups in total. The molecule has 1 unspecified atom stereocenters. The third-order valence-corrected chi connectivity index (χ3v) is 3.56. The van der Waals surface area contributed by atoms with E-state index in [1.165, 1.54) is 7.11 Å².